The maximum Gasteiger partial charge on any atom is 0.383 e. The van der Waals surface area contributed by atoms with Crippen LogP contribution in [0.1, 0.15) is 41.5 Å². The van der Waals surface area contributed by atoms with Gasteiger partial charge in [-0.15, -0.1) is 0 Å². The van der Waals surface area contributed by atoms with Gasteiger partial charge in [0, 0.05) is 12.2 Å². The minimum Gasteiger partial charge on any atom is -0.478 e. The van der Waals surface area contributed by atoms with Crippen LogP contribution in [-0.2, 0) is 29.0 Å². The maximum atomic E-state index is 12.0. The molecule has 0 aromatic heterocycles. The number of rotatable bonds is 4. The Morgan fingerprint density at radius 3 is 1.08 bits per heavy atom. The lowest BCUT2D eigenvalue weighted by atomic mass is 9.86. The standard InChI is InChI=1S/C16H22O8/c1-15(2,3)9(7-11(17)18)13(21)23-24-14(22)10(8-12(19)20)16(4,5)6/h7-8H,1-6H3,(H,17,18)(H,19,20). The number of aliphatic carboxylic acids is 2. The first-order valence-electron chi connectivity index (χ1n) is 6.99. The summed E-state index contributed by atoms with van der Waals surface area (Å²) < 4.78 is 0. The highest BCUT2D eigenvalue weighted by Crippen LogP contribution is 2.28. The minimum atomic E-state index is -1.36. The van der Waals surface area contributed by atoms with Crippen molar-refractivity contribution in [1.82, 2.24) is 0 Å². The van der Waals surface area contributed by atoms with Crippen molar-refractivity contribution >= 4 is 23.9 Å². The highest BCUT2D eigenvalue weighted by molar-refractivity contribution is 5.98. The Kier molecular flexibility index (Phi) is 6.91. The van der Waals surface area contributed by atoms with E-state index in [-0.39, 0.29) is 11.1 Å². The van der Waals surface area contributed by atoms with Crippen LogP contribution in [0.2, 0.25) is 0 Å². The summed E-state index contributed by atoms with van der Waals surface area (Å²) in [7, 11) is 0. The highest BCUT2D eigenvalue weighted by atomic mass is 17.2. The highest BCUT2D eigenvalue weighted by Gasteiger charge is 2.31. The van der Waals surface area contributed by atoms with E-state index in [1.807, 2.05) is 0 Å². The van der Waals surface area contributed by atoms with Crippen LogP contribution in [0, 0.1) is 10.8 Å². The van der Waals surface area contributed by atoms with Crippen LogP contribution >= 0.6 is 0 Å². The Hall–Kier alpha value is -2.64. The predicted octanol–water partition coefficient (Wildman–Crippen LogP) is 2.10. The summed E-state index contributed by atoms with van der Waals surface area (Å²) in [5.74, 6) is -5.02. The van der Waals surface area contributed by atoms with Crippen LogP contribution in [0.3, 0.4) is 0 Å². The lowest BCUT2D eigenvalue weighted by Gasteiger charge is -2.22. The number of carbonyl (C=O) groups is 4. The summed E-state index contributed by atoms with van der Waals surface area (Å²) in [5.41, 5.74) is -2.18. The maximum absolute atomic E-state index is 12.0. The molecule has 0 aromatic rings. The fourth-order valence-electron chi connectivity index (χ4n) is 1.58. The summed E-state index contributed by atoms with van der Waals surface area (Å²) in [6.07, 6.45) is 1.32. The molecule has 24 heavy (non-hydrogen) atoms. The van der Waals surface area contributed by atoms with Gasteiger partial charge in [0.1, 0.15) is 0 Å². The molecule has 8 nitrogen and oxygen atoms in total. The molecule has 0 bridgehead atoms. The van der Waals surface area contributed by atoms with Gasteiger partial charge in [-0.25, -0.2) is 29.0 Å². The van der Waals surface area contributed by atoms with Crippen LogP contribution in [0.5, 0.6) is 0 Å². The molecule has 0 amide bonds. The molecule has 0 saturated carbocycles. The van der Waals surface area contributed by atoms with Crippen LogP contribution in [0.25, 0.3) is 0 Å². The van der Waals surface area contributed by atoms with Crippen molar-refractivity contribution in [2.75, 3.05) is 0 Å². The van der Waals surface area contributed by atoms with Gasteiger partial charge in [-0.1, -0.05) is 41.5 Å². The van der Waals surface area contributed by atoms with Crippen LogP contribution < -0.4 is 0 Å². The first-order valence-corrected chi connectivity index (χ1v) is 6.99. The van der Waals surface area contributed by atoms with E-state index in [4.69, 9.17) is 10.2 Å². The van der Waals surface area contributed by atoms with E-state index in [0.29, 0.717) is 12.2 Å². The zero-order valence-corrected chi connectivity index (χ0v) is 14.5. The number of hydrogen-bond acceptors (Lipinski definition) is 6. The van der Waals surface area contributed by atoms with Gasteiger partial charge in [-0.3, -0.25) is 0 Å². The third kappa shape index (κ3) is 7.08. The van der Waals surface area contributed by atoms with Gasteiger partial charge >= 0.3 is 23.9 Å². The third-order valence-corrected chi connectivity index (χ3v) is 2.78. The molecule has 0 saturated heterocycles. The summed E-state index contributed by atoms with van der Waals surface area (Å²) in [6.45, 7) is 9.47. The van der Waals surface area contributed by atoms with E-state index in [2.05, 4.69) is 9.78 Å². The second-order valence-electron chi connectivity index (χ2n) is 7.03. The Bertz CT molecular complexity index is 543. The normalized spacial score (nSPS) is 13.2. The zero-order chi connectivity index (χ0) is 19.3. The smallest absolute Gasteiger partial charge is 0.383 e. The van der Waals surface area contributed by atoms with Crippen molar-refractivity contribution in [3.63, 3.8) is 0 Å². The molecule has 0 rings (SSSR count). The molecule has 0 fully saturated rings. The molecular formula is C16H22O8. The number of hydrogen-bond donors (Lipinski definition) is 2. The first-order chi connectivity index (χ1) is 10.7. The third-order valence-electron chi connectivity index (χ3n) is 2.78. The van der Waals surface area contributed by atoms with Gasteiger partial charge in [-0.2, -0.15) is 0 Å². The van der Waals surface area contributed by atoms with Gasteiger partial charge in [0.2, 0.25) is 0 Å². The van der Waals surface area contributed by atoms with Crippen molar-refractivity contribution in [2.45, 2.75) is 41.5 Å². The molecule has 0 unspecified atom stereocenters. The average molecular weight is 342 g/mol. The monoisotopic (exact) mass is 342 g/mol. The molecule has 0 atom stereocenters. The molecule has 134 valence electrons. The van der Waals surface area contributed by atoms with E-state index < -0.39 is 34.7 Å². The van der Waals surface area contributed by atoms with E-state index in [9.17, 15) is 19.2 Å². The summed E-state index contributed by atoms with van der Waals surface area (Å²) in [4.78, 5) is 54.3. The van der Waals surface area contributed by atoms with E-state index in [1.165, 1.54) is 0 Å². The largest absolute Gasteiger partial charge is 0.478 e. The van der Waals surface area contributed by atoms with Crippen LogP contribution in [0.15, 0.2) is 23.3 Å². The SMILES string of the molecule is CC(C)(C)C(=CC(=O)O)C(=O)OOC(=O)C(=CC(=O)O)C(C)(C)C. The summed E-state index contributed by atoms with van der Waals surface area (Å²) in [6, 6.07) is 0. The second-order valence-corrected chi connectivity index (χ2v) is 7.03. The van der Waals surface area contributed by atoms with E-state index in [1.54, 1.807) is 41.5 Å². The van der Waals surface area contributed by atoms with Crippen molar-refractivity contribution in [3.8, 4) is 0 Å². The Morgan fingerprint density at radius 2 is 0.917 bits per heavy atom. The van der Waals surface area contributed by atoms with Gasteiger partial charge in [0.25, 0.3) is 0 Å². The number of carbonyl (C=O) groups excluding carboxylic acids is 2. The van der Waals surface area contributed by atoms with Gasteiger partial charge in [0.05, 0.1) is 11.1 Å². The van der Waals surface area contributed by atoms with Crippen LogP contribution in [-0.4, -0.2) is 34.1 Å². The zero-order valence-electron chi connectivity index (χ0n) is 14.5. The van der Waals surface area contributed by atoms with Gasteiger partial charge in [-0.05, 0) is 10.8 Å². The molecule has 0 radical (unpaired) electrons. The number of carboxylic acids is 2. The molecule has 0 aliphatic heterocycles. The predicted molar refractivity (Wildman–Crippen MR) is 82.5 cm³/mol. The number of carboxylic acid groups (broad SMARTS) is 2. The lowest BCUT2D eigenvalue weighted by molar-refractivity contribution is -0.253. The molecule has 0 spiro atoms. The fraction of sp³-hybridized carbons (Fsp3) is 0.500. The lowest BCUT2D eigenvalue weighted by Crippen LogP contribution is -2.26. The molecule has 0 heterocycles. The van der Waals surface area contributed by atoms with Gasteiger partial charge < -0.3 is 10.2 Å². The fourth-order valence-corrected chi connectivity index (χ4v) is 1.58. The topological polar surface area (TPSA) is 127 Å². The Morgan fingerprint density at radius 1 is 0.667 bits per heavy atom. The Balaban J connectivity index is 5.31. The van der Waals surface area contributed by atoms with E-state index in [0.717, 1.165) is 0 Å². The van der Waals surface area contributed by atoms with Crippen LogP contribution in [0.4, 0.5) is 0 Å². The van der Waals surface area contributed by atoms with Crippen molar-refractivity contribution in [1.29, 1.82) is 0 Å². The van der Waals surface area contributed by atoms with E-state index >= 15 is 0 Å². The van der Waals surface area contributed by atoms with Crippen molar-refractivity contribution in [2.24, 2.45) is 10.8 Å². The molecule has 0 aromatic carbocycles. The van der Waals surface area contributed by atoms with Crippen molar-refractivity contribution < 1.29 is 39.2 Å². The van der Waals surface area contributed by atoms with Gasteiger partial charge in [0.15, 0.2) is 0 Å². The summed E-state index contributed by atoms with van der Waals surface area (Å²) >= 11 is 0. The molecule has 0 aliphatic rings. The Labute approximate surface area is 139 Å². The molecule has 8 heteroatoms. The quantitative estimate of drug-likeness (QED) is 0.452. The average Bonchev–Trinajstić information content (AvgIpc) is 2.36. The molecule has 0 aliphatic carbocycles. The first kappa shape index (κ1) is 21.4. The molecular weight excluding hydrogens is 320 g/mol. The van der Waals surface area contributed by atoms with Crippen molar-refractivity contribution in [3.05, 3.63) is 23.3 Å². The summed E-state index contributed by atoms with van der Waals surface area (Å²) in [5, 5.41) is 17.6. The second kappa shape index (κ2) is 7.76. The minimum absolute atomic E-state index is 0.220. The molecule has 2 N–H and O–H groups in total.